The molecule has 4 rings (SSSR count). The minimum Gasteiger partial charge on any atom is -0.395 e. The Morgan fingerprint density at radius 2 is 1.85 bits per heavy atom. The van der Waals surface area contributed by atoms with Crippen LogP contribution in [-0.4, -0.2) is 65.0 Å². The number of rotatable bonds is 6. The molecule has 0 atom stereocenters. The van der Waals surface area contributed by atoms with E-state index >= 15 is 0 Å². The third-order valence-electron chi connectivity index (χ3n) is 6.09. The van der Waals surface area contributed by atoms with Gasteiger partial charge in [0.05, 0.1) is 40.5 Å². The first-order valence-corrected chi connectivity index (χ1v) is 11.2. The molecule has 1 aliphatic rings. The van der Waals surface area contributed by atoms with Crippen molar-refractivity contribution in [3.63, 3.8) is 0 Å². The van der Waals surface area contributed by atoms with E-state index in [1.807, 2.05) is 6.07 Å². The summed E-state index contributed by atoms with van der Waals surface area (Å²) in [7, 11) is 0. The van der Waals surface area contributed by atoms with Crippen molar-refractivity contribution in [1.29, 1.82) is 5.26 Å². The molecule has 1 aromatic heterocycles. The number of carbonyl (C=O) groups is 1. The highest BCUT2D eigenvalue weighted by Gasteiger charge is 2.22. The highest BCUT2D eigenvalue weighted by molar-refractivity contribution is 6.06. The molecular weight excluding hydrogens is 435 g/mol. The molecule has 0 saturated carbocycles. The van der Waals surface area contributed by atoms with E-state index in [0.717, 1.165) is 31.9 Å². The highest BCUT2D eigenvalue weighted by atomic mass is 19.1. The number of amides is 1. The highest BCUT2D eigenvalue weighted by Crippen LogP contribution is 2.26. The maximum atomic E-state index is 13.3. The van der Waals surface area contributed by atoms with Gasteiger partial charge in [-0.2, -0.15) is 10.4 Å². The maximum absolute atomic E-state index is 13.3. The number of anilines is 2. The summed E-state index contributed by atoms with van der Waals surface area (Å²) in [6, 6.07) is 13.5. The van der Waals surface area contributed by atoms with Crippen molar-refractivity contribution in [3.8, 4) is 11.8 Å². The molecule has 0 radical (unpaired) electrons. The summed E-state index contributed by atoms with van der Waals surface area (Å²) in [5.74, 6) is -0.662. The molecule has 3 aromatic rings. The zero-order valence-electron chi connectivity index (χ0n) is 19.3. The molecule has 1 fully saturated rings. The van der Waals surface area contributed by atoms with Crippen molar-refractivity contribution in [2.45, 2.75) is 13.8 Å². The van der Waals surface area contributed by atoms with E-state index < -0.39 is 0 Å². The molecule has 1 aliphatic heterocycles. The molecule has 2 heterocycles. The first-order chi connectivity index (χ1) is 16.4. The van der Waals surface area contributed by atoms with Gasteiger partial charge in [-0.05, 0) is 56.3 Å². The fourth-order valence-electron chi connectivity index (χ4n) is 4.33. The summed E-state index contributed by atoms with van der Waals surface area (Å²) in [5, 5.41) is 26.2. The molecule has 1 saturated heterocycles. The Hall–Kier alpha value is -3.74. The van der Waals surface area contributed by atoms with Crippen molar-refractivity contribution in [3.05, 3.63) is 70.8 Å². The molecule has 0 spiro atoms. The molecule has 34 heavy (non-hydrogen) atoms. The number of nitriles is 1. The Labute approximate surface area is 197 Å². The van der Waals surface area contributed by atoms with Crippen LogP contribution in [0, 0.1) is 31.0 Å². The Kier molecular flexibility index (Phi) is 6.91. The van der Waals surface area contributed by atoms with Gasteiger partial charge in [0.2, 0.25) is 0 Å². The monoisotopic (exact) mass is 462 g/mol. The Morgan fingerprint density at radius 1 is 1.15 bits per heavy atom. The smallest absolute Gasteiger partial charge is 0.259 e. The lowest BCUT2D eigenvalue weighted by Crippen LogP contribution is -2.47. The van der Waals surface area contributed by atoms with Gasteiger partial charge in [0.1, 0.15) is 11.9 Å². The number of β-amino-alcohol motifs (C(OH)–C–C–N with tert-alkyl or cyclic N) is 1. The van der Waals surface area contributed by atoms with E-state index in [4.69, 9.17) is 5.11 Å². The van der Waals surface area contributed by atoms with Crippen LogP contribution in [0.4, 0.5) is 15.8 Å². The number of hydrogen-bond acceptors (Lipinski definition) is 6. The van der Waals surface area contributed by atoms with Crippen LogP contribution >= 0.6 is 0 Å². The van der Waals surface area contributed by atoms with Crippen molar-refractivity contribution >= 4 is 17.3 Å². The van der Waals surface area contributed by atoms with E-state index in [1.165, 1.54) is 12.1 Å². The molecule has 0 unspecified atom stereocenters. The van der Waals surface area contributed by atoms with E-state index in [0.29, 0.717) is 40.4 Å². The molecular formula is C25H27FN6O2. The number of benzene rings is 2. The Balaban J connectivity index is 1.52. The van der Waals surface area contributed by atoms with Crippen LogP contribution < -0.4 is 10.2 Å². The van der Waals surface area contributed by atoms with Crippen LogP contribution in [0.25, 0.3) is 5.69 Å². The Morgan fingerprint density at radius 3 is 2.50 bits per heavy atom. The third-order valence-corrected chi connectivity index (χ3v) is 6.09. The van der Waals surface area contributed by atoms with Crippen LogP contribution in [0.15, 0.2) is 42.5 Å². The number of piperazine rings is 1. The summed E-state index contributed by atoms with van der Waals surface area (Å²) in [6.45, 7) is 7.50. The summed E-state index contributed by atoms with van der Waals surface area (Å²) in [5.41, 5.74) is 4.14. The number of aryl methyl sites for hydroxylation is 1. The second kappa shape index (κ2) is 10.0. The molecule has 176 valence electrons. The van der Waals surface area contributed by atoms with Gasteiger partial charge in [-0.3, -0.25) is 9.69 Å². The second-order valence-corrected chi connectivity index (χ2v) is 8.28. The lowest BCUT2D eigenvalue weighted by atomic mass is 10.1. The molecule has 9 heteroatoms. The van der Waals surface area contributed by atoms with Crippen molar-refractivity contribution in [1.82, 2.24) is 14.7 Å². The average molecular weight is 463 g/mol. The molecule has 0 aliphatic carbocycles. The molecule has 8 nitrogen and oxygen atoms in total. The van der Waals surface area contributed by atoms with Crippen LogP contribution in [0.1, 0.15) is 27.3 Å². The summed E-state index contributed by atoms with van der Waals surface area (Å²) in [4.78, 5) is 17.4. The van der Waals surface area contributed by atoms with E-state index in [1.54, 1.807) is 42.8 Å². The number of carbonyl (C=O) groups excluding carboxylic acids is 1. The van der Waals surface area contributed by atoms with Gasteiger partial charge >= 0.3 is 0 Å². The van der Waals surface area contributed by atoms with Crippen LogP contribution in [-0.2, 0) is 0 Å². The van der Waals surface area contributed by atoms with Crippen LogP contribution in [0.5, 0.6) is 0 Å². The predicted molar refractivity (Wildman–Crippen MR) is 128 cm³/mol. The number of aliphatic hydroxyl groups is 1. The van der Waals surface area contributed by atoms with Crippen molar-refractivity contribution in [2.75, 3.05) is 49.5 Å². The third kappa shape index (κ3) is 4.78. The van der Waals surface area contributed by atoms with Crippen LogP contribution in [0.3, 0.4) is 0 Å². The number of hydrogen-bond donors (Lipinski definition) is 2. The Bertz CT molecular complexity index is 1220. The fraction of sp³-hybridized carbons (Fsp3) is 0.320. The van der Waals surface area contributed by atoms with Gasteiger partial charge in [0, 0.05) is 38.4 Å². The van der Waals surface area contributed by atoms with Gasteiger partial charge in [0.15, 0.2) is 0 Å². The lowest BCUT2D eigenvalue weighted by molar-refractivity contribution is 0.102. The summed E-state index contributed by atoms with van der Waals surface area (Å²) >= 11 is 0. The second-order valence-electron chi connectivity index (χ2n) is 8.28. The number of aromatic nitrogens is 2. The van der Waals surface area contributed by atoms with Crippen molar-refractivity contribution in [2.24, 2.45) is 0 Å². The normalized spacial score (nSPS) is 14.1. The first-order valence-electron chi connectivity index (χ1n) is 11.2. The minimum absolute atomic E-state index is 0.138. The van der Waals surface area contributed by atoms with Gasteiger partial charge in [-0.25, -0.2) is 9.07 Å². The van der Waals surface area contributed by atoms with Gasteiger partial charge in [0.25, 0.3) is 5.91 Å². The first kappa shape index (κ1) is 23.4. The van der Waals surface area contributed by atoms with Crippen molar-refractivity contribution < 1.29 is 14.3 Å². The lowest BCUT2D eigenvalue weighted by Gasteiger charge is -2.36. The number of nitrogens with one attached hydrogen (secondary N) is 1. The number of halogens is 1. The predicted octanol–water partition coefficient (Wildman–Crippen LogP) is 2.87. The minimum atomic E-state index is -0.341. The standard InChI is InChI=1S/C25H27FN6O2/c1-17-24(18(2)32(29-17)22-6-3-20(26)4-7-22)25(34)28-21-5-8-23(19(15-21)16-27)31-11-9-30(10-12-31)13-14-33/h3-8,15,33H,9-14H2,1-2H3,(H,28,34). The summed E-state index contributed by atoms with van der Waals surface area (Å²) < 4.78 is 14.9. The fourth-order valence-corrected chi connectivity index (χ4v) is 4.33. The average Bonchev–Trinajstić information content (AvgIpc) is 3.14. The maximum Gasteiger partial charge on any atom is 0.259 e. The quantitative estimate of drug-likeness (QED) is 0.585. The van der Waals surface area contributed by atoms with E-state index in [9.17, 15) is 14.4 Å². The van der Waals surface area contributed by atoms with E-state index in [-0.39, 0.29) is 18.3 Å². The molecule has 0 bridgehead atoms. The number of aliphatic hydroxyl groups excluding tert-OH is 1. The molecule has 2 N–H and O–H groups in total. The SMILES string of the molecule is Cc1nn(-c2ccc(F)cc2)c(C)c1C(=O)Nc1ccc(N2CCN(CCO)CC2)c(C#N)c1. The topological polar surface area (TPSA) is 97.4 Å². The largest absolute Gasteiger partial charge is 0.395 e. The summed E-state index contributed by atoms with van der Waals surface area (Å²) in [6.07, 6.45) is 0. The molecule has 2 aromatic carbocycles. The zero-order valence-corrected chi connectivity index (χ0v) is 19.3. The van der Waals surface area contributed by atoms with Gasteiger partial charge in [-0.1, -0.05) is 0 Å². The molecule has 1 amide bonds. The zero-order chi connectivity index (χ0) is 24.2. The van der Waals surface area contributed by atoms with E-state index in [2.05, 4.69) is 26.3 Å². The van der Waals surface area contributed by atoms with Gasteiger partial charge < -0.3 is 15.3 Å². The number of nitrogens with zero attached hydrogens (tertiary/aromatic N) is 5. The van der Waals surface area contributed by atoms with Gasteiger partial charge in [-0.15, -0.1) is 0 Å². The van der Waals surface area contributed by atoms with Crippen LogP contribution in [0.2, 0.25) is 0 Å².